The van der Waals surface area contributed by atoms with Crippen LogP contribution in [0.1, 0.15) is 55.5 Å². The van der Waals surface area contributed by atoms with Crippen LogP contribution < -0.4 is 10.1 Å². The summed E-state index contributed by atoms with van der Waals surface area (Å²) in [5.41, 5.74) is 1.62. The fourth-order valence-electron chi connectivity index (χ4n) is 3.67. The molecule has 0 aliphatic carbocycles. The van der Waals surface area contributed by atoms with Gasteiger partial charge < -0.3 is 10.1 Å². The second kappa shape index (κ2) is 9.62. The predicted molar refractivity (Wildman–Crippen MR) is 119 cm³/mol. The van der Waals surface area contributed by atoms with Crippen molar-refractivity contribution in [2.24, 2.45) is 0 Å². The average molecular weight is 431 g/mol. The molecule has 162 valence electrons. The Morgan fingerprint density at radius 2 is 1.97 bits per heavy atom. The number of carbonyl (C=O) groups excluding carboxylic acids is 1. The molecule has 0 bridgehead atoms. The topological polar surface area (TPSA) is 75.7 Å². The molecule has 7 heteroatoms. The number of nitrogens with zero attached hydrogens (tertiary/aromatic N) is 1. The first-order valence-corrected chi connectivity index (χ1v) is 11.9. The van der Waals surface area contributed by atoms with E-state index in [1.165, 1.54) is 6.07 Å². The fraction of sp³-hybridized carbons (Fsp3) is 0.435. The van der Waals surface area contributed by atoms with E-state index in [-0.39, 0.29) is 16.8 Å². The molecule has 0 spiro atoms. The van der Waals surface area contributed by atoms with Gasteiger partial charge >= 0.3 is 0 Å². The van der Waals surface area contributed by atoms with Crippen molar-refractivity contribution in [2.75, 3.05) is 18.5 Å². The summed E-state index contributed by atoms with van der Waals surface area (Å²) in [5, 5.41) is 2.87. The molecule has 1 saturated heterocycles. The van der Waals surface area contributed by atoms with E-state index < -0.39 is 10.0 Å². The van der Waals surface area contributed by atoms with E-state index in [2.05, 4.69) is 5.32 Å². The van der Waals surface area contributed by atoms with Crippen LogP contribution in [-0.2, 0) is 10.0 Å². The maximum Gasteiger partial charge on any atom is 0.256 e. The number of aryl methyl sites for hydroxylation is 1. The van der Waals surface area contributed by atoms with Crippen LogP contribution in [0, 0.1) is 6.92 Å². The molecule has 1 aliphatic rings. The fourth-order valence-corrected chi connectivity index (χ4v) is 5.39. The summed E-state index contributed by atoms with van der Waals surface area (Å²) < 4.78 is 33.6. The third kappa shape index (κ3) is 4.84. The monoisotopic (exact) mass is 430 g/mol. The number of hydrogen-bond acceptors (Lipinski definition) is 4. The van der Waals surface area contributed by atoms with Crippen molar-refractivity contribution in [1.82, 2.24) is 4.31 Å². The van der Waals surface area contributed by atoms with Gasteiger partial charge in [-0.05, 0) is 62.9 Å². The Kier molecular flexibility index (Phi) is 7.15. The highest BCUT2D eigenvalue weighted by Gasteiger charge is 2.31. The predicted octanol–water partition coefficient (Wildman–Crippen LogP) is 4.60. The van der Waals surface area contributed by atoms with Crippen molar-refractivity contribution in [3.05, 3.63) is 53.6 Å². The van der Waals surface area contributed by atoms with Gasteiger partial charge in [-0.25, -0.2) is 8.42 Å². The van der Waals surface area contributed by atoms with Crippen molar-refractivity contribution in [3.63, 3.8) is 0 Å². The molecule has 0 saturated carbocycles. The minimum atomic E-state index is -3.65. The van der Waals surface area contributed by atoms with Crippen molar-refractivity contribution in [3.8, 4) is 5.75 Å². The van der Waals surface area contributed by atoms with Crippen molar-refractivity contribution >= 4 is 21.6 Å². The second-order valence-corrected chi connectivity index (χ2v) is 9.63. The summed E-state index contributed by atoms with van der Waals surface area (Å²) in [4.78, 5) is 13.2. The van der Waals surface area contributed by atoms with Crippen LogP contribution in [0.2, 0.25) is 0 Å². The van der Waals surface area contributed by atoms with Gasteiger partial charge in [0.25, 0.3) is 5.91 Å². The second-order valence-electron chi connectivity index (χ2n) is 7.74. The number of ether oxygens (including phenoxy) is 1. The molecular weight excluding hydrogens is 400 g/mol. The number of anilines is 1. The zero-order chi connectivity index (χ0) is 21.7. The Hall–Kier alpha value is -2.38. The summed E-state index contributed by atoms with van der Waals surface area (Å²) in [6, 6.07) is 12.0. The molecule has 2 aromatic rings. The quantitative estimate of drug-likeness (QED) is 0.697. The van der Waals surface area contributed by atoms with E-state index in [1.54, 1.807) is 35.5 Å². The van der Waals surface area contributed by atoms with E-state index in [4.69, 9.17) is 4.74 Å². The molecule has 6 nitrogen and oxygen atoms in total. The van der Waals surface area contributed by atoms with Gasteiger partial charge in [0, 0.05) is 18.2 Å². The molecule has 2 aromatic carbocycles. The first-order chi connectivity index (χ1) is 14.3. The minimum Gasteiger partial charge on any atom is -0.491 e. The summed E-state index contributed by atoms with van der Waals surface area (Å²) in [5.74, 6) is 0.236. The summed E-state index contributed by atoms with van der Waals surface area (Å²) in [7, 11) is -3.65. The molecule has 1 aliphatic heterocycles. The number of sulfonamides is 1. The van der Waals surface area contributed by atoms with Gasteiger partial charge in [-0.1, -0.05) is 31.5 Å². The highest BCUT2D eigenvalue weighted by molar-refractivity contribution is 7.89. The van der Waals surface area contributed by atoms with Crippen LogP contribution in [0.3, 0.4) is 0 Å². The number of carbonyl (C=O) groups is 1. The normalized spacial score (nSPS) is 17.5. The number of piperidine rings is 1. The van der Waals surface area contributed by atoms with Crippen LogP contribution >= 0.6 is 0 Å². The lowest BCUT2D eigenvalue weighted by Crippen LogP contribution is -2.42. The molecule has 30 heavy (non-hydrogen) atoms. The smallest absolute Gasteiger partial charge is 0.256 e. The lowest BCUT2D eigenvalue weighted by molar-refractivity contribution is 0.102. The molecule has 1 N–H and O–H groups in total. The number of nitrogens with one attached hydrogen (secondary N) is 1. The Morgan fingerprint density at radius 1 is 1.20 bits per heavy atom. The largest absolute Gasteiger partial charge is 0.491 e. The SMILES string of the molecule is CCCOc1ccccc1NC(=O)c1cc(S(=O)(=O)N2CCCC[C@H]2C)ccc1C. The molecule has 3 rings (SSSR count). The van der Waals surface area contributed by atoms with Gasteiger partial charge in [-0.15, -0.1) is 0 Å². The number of amides is 1. The van der Waals surface area contributed by atoms with Crippen molar-refractivity contribution < 1.29 is 17.9 Å². The standard InChI is InChI=1S/C23H30N2O4S/c1-4-15-29-22-11-6-5-10-21(22)24-23(26)20-16-19(13-12-17(20)2)30(27,28)25-14-8-7-9-18(25)3/h5-6,10-13,16,18H,4,7-9,14-15H2,1-3H3,(H,24,26)/t18-/m1/s1. The number of benzene rings is 2. The van der Waals surface area contributed by atoms with Gasteiger partial charge in [-0.3, -0.25) is 4.79 Å². The highest BCUT2D eigenvalue weighted by Crippen LogP contribution is 2.28. The lowest BCUT2D eigenvalue weighted by Gasteiger charge is -2.32. The maximum absolute atomic E-state index is 13.2. The molecule has 0 unspecified atom stereocenters. The Morgan fingerprint density at radius 3 is 2.70 bits per heavy atom. The summed E-state index contributed by atoms with van der Waals surface area (Å²) >= 11 is 0. The third-order valence-electron chi connectivity index (χ3n) is 5.40. The van der Waals surface area contributed by atoms with Crippen LogP contribution in [0.15, 0.2) is 47.4 Å². The van der Waals surface area contributed by atoms with E-state index in [0.29, 0.717) is 35.7 Å². The van der Waals surface area contributed by atoms with E-state index in [0.717, 1.165) is 25.7 Å². The summed E-state index contributed by atoms with van der Waals surface area (Å²) in [6.45, 7) is 6.81. The zero-order valence-corrected chi connectivity index (χ0v) is 18.7. The Bertz CT molecular complexity index is 1000. The van der Waals surface area contributed by atoms with Crippen LogP contribution in [-0.4, -0.2) is 37.8 Å². The van der Waals surface area contributed by atoms with E-state index >= 15 is 0 Å². The molecule has 1 fully saturated rings. The number of para-hydroxylation sites is 2. The van der Waals surface area contributed by atoms with Gasteiger partial charge in [0.05, 0.1) is 17.2 Å². The highest BCUT2D eigenvalue weighted by atomic mass is 32.2. The zero-order valence-electron chi connectivity index (χ0n) is 17.8. The Labute approximate surface area is 179 Å². The first-order valence-electron chi connectivity index (χ1n) is 10.5. The summed E-state index contributed by atoms with van der Waals surface area (Å²) in [6.07, 6.45) is 3.61. The third-order valence-corrected chi connectivity index (χ3v) is 7.41. The van der Waals surface area contributed by atoms with Gasteiger partial charge in [0.15, 0.2) is 0 Å². The van der Waals surface area contributed by atoms with Crippen LogP contribution in [0.5, 0.6) is 5.75 Å². The lowest BCUT2D eigenvalue weighted by atomic mass is 10.1. The van der Waals surface area contributed by atoms with Gasteiger partial charge in [-0.2, -0.15) is 4.31 Å². The van der Waals surface area contributed by atoms with Crippen LogP contribution in [0.25, 0.3) is 0 Å². The van der Waals surface area contributed by atoms with Crippen molar-refractivity contribution in [1.29, 1.82) is 0 Å². The molecular formula is C23H30N2O4S. The Balaban J connectivity index is 1.88. The molecule has 1 atom stereocenters. The number of rotatable bonds is 7. The first kappa shape index (κ1) is 22.3. The van der Waals surface area contributed by atoms with E-state index in [9.17, 15) is 13.2 Å². The molecule has 1 heterocycles. The van der Waals surface area contributed by atoms with Crippen LogP contribution in [0.4, 0.5) is 5.69 Å². The molecule has 0 aromatic heterocycles. The van der Waals surface area contributed by atoms with Crippen molar-refractivity contribution in [2.45, 2.75) is 57.4 Å². The van der Waals surface area contributed by atoms with Gasteiger partial charge in [0.2, 0.25) is 10.0 Å². The molecule has 0 radical (unpaired) electrons. The average Bonchev–Trinajstić information content (AvgIpc) is 2.73. The van der Waals surface area contributed by atoms with Gasteiger partial charge in [0.1, 0.15) is 5.75 Å². The minimum absolute atomic E-state index is 0.0371. The maximum atomic E-state index is 13.2. The molecule has 1 amide bonds. The number of hydrogen-bond donors (Lipinski definition) is 1. The van der Waals surface area contributed by atoms with E-state index in [1.807, 2.05) is 26.0 Å².